The van der Waals surface area contributed by atoms with Gasteiger partial charge in [-0.15, -0.1) is 0 Å². The van der Waals surface area contributed by atoms with Crippen LogP contribution in [-0.2, 0) is 4.79 Å². The van der Waals surface area contributed by atoms with Crippen molar-refractivity contribution < 1.29 is 14.4 Å². The van der Waals surface area contributed by atoms with Crippen molar-refractivity contribution in [3.05, 3.63) is 112 Å². The SMILES string of the molecule is CN1CCN(c2ccc(N=CC3C(=O)Nc4cc(C(=O)c5cccc(NC(=O)c6cc(Cl)ccn6)c5)ccc43)cc2)CC1. The second-order valence-corrected chi connectivity index (χ2v) is 11.0. The highest BCUT2D eigenvalue weighted by atomic mass is 35.5. The van der Waals surface area contributed by atoms with Crippen molar-refractivity contribution in [1.82, 2.24) is 9.88 Å². The number of carbonyl (C=O) groups is 3. The highest BCUT2D eigenvalue weighted by Crippen LogP contribution is 2.33. The van der Waals surface area contributed by atoms with E-state index in [4.69, 9.17) is 11.6 Å². The van der Waals surface area contributed by atoms with Gasteiger partial charge in [-0.3, -0.25) is 24.4 Å². The van der Waals surface area contributed by atoms with Gasteiger partial charge in [0.05, 0.1) is 5.69 Å². The average Bonchev–Trinajstić information content (AvgIpc) is 3.34. The first-order valence-corrected chi connectivity index (χ1v) is 14.3. The number of amides is 2. The molecule has 2 aliphatic heterocycles. The summed E-state index contributed by atoms with van der Waals surface area (Å²) in [5.41, 5.74) is 4.68. The van der Waals surface area contributed by atoms with E-state index >= 15 is 0 Å². The van der Waals surface area contributed by atoms with E-state index in [2.05, 4.69) is 49.6 Å². The highest BCUT2D eigenvalue weighted by molar-refractivity contribution is 6.31. The normalized spacial score (nSPS) is 16.7. The third-order valence-electron chi connectivity index (χ3n) is 7.62. The number of hydrogen-bond acceptors (Lipinski definition) is 7. The number of likely N-dealkylation sites (N-methyl/N-ethyl adjacent to an activating group) is 1. The van der Waals surface area contributed by atoms with E-state index in [1.807, 2.05) is 12.1 Å². The summed E-state index contributed by atoms with van der Waals surface area (Å²) < 4.78 is 0. The van der Waals surface area contributed by atoms with Crippen LogP contribution in [-0.4, -0.2) is 66.9 Å². The van der Waals surface area contributed by atoms with Gasteiger partial charge in [0, 0.05) is 71.8 Å². The van der Waals surface area contributed by atoms with Crippen LogP contribution in [0.5, 0.6) is 0 Å². The maximum Gasteiger partial charge on any atom is 0.274 e. The maximum absolute atomic E-state index is 13.3. The van der Waals surface area contributed by atoms with Crippen LogP contribution in [0.2, 0.25) is 5.02 Å². The summed E-state index contributed by atoms with van der Waals surface area (Å²) in [7, 11) is 2.13. The van der Waals surface area contributed by atoms with Crippen molar-refractivity contribution in [3.63, 3.8) is 0 Å². The van der Waals surface area contributed by atoms with E-state index in [1.165, 1.54) is 18.0 Å². The minimum Gasteiger partial charge on any atom is -0.369 e. The van der Waals surface area contributed by atoms with E-state index in [0.717, 1.165) is 37.4 Å². The van der Waals surface area contributed by atoms with Gasteiger partial charge >= 0.3 is 0 Å². The molecule has 0 saturated carbocycles. The molecule has 43 heavy (non-hydrogen) atoms. The summed E-state index contributed by atoms with van der Waals surface area (Å²) in [4.78, 5) is 52.0. The van der Waals surface area contributed by atoms with Gasteiger partial charge in [-0.1, -0.05) is 35.9 Å². The fourth-order valence-electron chi connectivity index (χ4n) is 5.18. The Morgan fingerprint density at radius 1 is 0.977 bits per heavy atom. The molecule has 6 rings (SSSR count). The van der Waals surface area contributed by atoms with Crippen molar-refractivity contribution in [2.45, 2.75) is 5.92 Å². The number of carbonyl (C=O) groups excluding carboxylic acids is 3. The van der Waals surface area contributed by atoms with Crippen LogP contribution in [0, 0.1) is 0 Å². The van der Waals surface area contributed by atoms with Crippen molar-refractivity contribution in [2.75, 3.05) is 48.8 Å². The van der Waals surface area contributed by atoms with E-state index in [0.29, 0.717) is 27.5 Å². The molecule has 1 saturated heterocycles. The summed E-state index contributed by atoms with van der Waals surface area (Å²) in [6, 6.07) is 22.9. The molecule has 216 valence electrons. The lowest BCUT2D eigenvalue weighted by Crippen LogP contribution is -2.44. The molecule has 3 aromatic carbocycles. The number of aromatic nitrogens is 1. The number of piperazine rings is 1. The summed E-state index contributed by atoms with van der Waals surface area (Å²) in [6.07, 6.45) is 3.10. The summed E-state index contributed by atoms with van der Waals surface area (Å²) in [5.74, 6) is -1.44. The first-order chi connectivity index (χ1) is 20.8. The Hall–Kier alpha value is -4.86. The molecule has 10 heteroatoms. The number of halogens is 1. The van der Waals surface area contributed by atoms with Gasteiger partial charge in [0.2, 0.25) is 5.91 Å². The molecule has 2 N–H and O–H groups in total. The zero-order valence-corrected chi connectivity index (χ0v) is 24.2. The number of benzene rings is 3. The lowest BCUT2D eigenvalue weighted by Gasteiger charge is -2.34. The smallest absolute Gasteiger partial charge is 0.274 e. The van der Waals surface area contributed by atoms with E-state index in [9.17, 15) is 14.4 Å². The molecule has 2 aliphatic rings. The second kappa shape index (κ2) is 12.2. The largest absolute Gasteiger partial charge is 0.369 e. The molecule has 4 aromatic rings. The predicted molar refractivity (Wildman–Crippen MR) is 169 cm³/mol. The van der Waals surface area contributed by atoms with Gasteiger partial charge in [-0.05, 0) is 67.2 Å². The molecule has 1 atom stereocenters. The van der Waals surface area contributed by atoms with Gasteiger partial charge in [0.1, 0.15) is 11.6 Å². The van der Waals surface area contributed by atoms with Crippen molar-refractivity contribution in [2.24, 2.45) is 4.99 Å². The Balaban J connectivity index is 1.13. The zero-order valence-electron chi connectivity index (χ0n) is 23.5. The Morgan fingerprint density at radius 2 is 1.74 bits per heavy atom. The fraction of sp³-hybridized carbons (Fsp3) is 0.182. The second-order valence-electron chi connectivity index (χ2n) is 10.6. The molecular formula is C33H29ClN6O3. The molecule has 0 radical (unpaired) electrons. The minimum atomic E-state index is -0.560. The first-order valence-electron chi connectivity index (χ1n) is 13.9. The Morgan fingerprint density at radius 3 is 2.51 bits per heavy atom. The van der Waals surface area contributed by atoms with E-state index in [-0.39, 0.29) is 17.4 Å². The molecule has 1 aromatic heterocycles. The number of nitrogens with one attached hydrogen (secondary N) is 2. The van der Waals surface area contributed by atoms with Gasteiger partial charge in [0.15, 0.2) is 5.78 Å². The number of fused-ring (bicyclic) bond motifs is 1. The van der Waals surface area contributed by atoms with Crippen LogP contribution in [0.3, 0.4) is 0 Å². The van der Waals surface area contributed by atoms with Crippen LogP contribution in [0.1, 0.15) is 37.9 Å². The Labute approximate surface area is 254 Å². The van der Waals surface area contributed by atoms with E-state index in [1.54, 1.807) is 54.7 Å². The van der Waals surface area contributed by atoms with Crippen LogP contribution in [0.15, 0.2) is 90.1 Å². The van der Waals surface area contributed by atoms with Crippen LogP contribution < -0.4 is 15.5 Å². The number of nitrogens with zero attached hydrogens (tertiary/aromatic N) is 4. The zero-order chi connectivity index (χ0) is 29.9. The van der Waals surface area contributed by atoms with Crippen molar-refractivity contribution in [1.29, 1.82) is 0 Å². The molecule has 9 nitrogen and oxygen atoms in total. The quantitative estimate of drug-likeness (QED) is 0.220. The molecule has 1 unspecified atom stereocenters. The molecule has 0 aliphatic carbocycles. The van der Waals surface area contributed by atoms with Crippen LogP contribution in [0.25, 0.3) is 0 Å². The lowest BCUT2D eigenvalue weighted by molar-refractivity contribution is -0.115. The predicted octanol–water partition coefficient (Wildman–Crippen LogP) is 5.41. The summed E-state index contributed by atoms with van der Waals surface area (Å²) in [5, 5.41) is 6.02. The van der Waals surface area contributed by atoms with E-state index < -0.39 is 11.8 Å². The number of rotatable bonds is 7. The average molecular weight is 593 g/mol. The van der Waals surface area contributed by atoms with Gasteiger partial charge in [-0.25, -0.2) is 0 Å². The summed E-state index contributed by atoms with van der Waals surface area (Å²) >= 11 is 5.96. The number of aliphatic imine (C=N–C) groups is 1. The maximum atomic E-state index is 13.3. The third-order valence-corrected chi connectivity index (χ3v) is 7.85. The summed E-state index contributed by atoms with van der Waals surface area (Å²) in [6.45, 7) is 4.06. The Kier molecular flexibility index (Phi) is 8.00. The molecular weight excluding hydrogens is 564 g/mol. The third kappa shape index (κ3) is 6.33. The van der Waals surface area contributed by atoms with Crippen LogP contribution >= 0.6 is 11.6 Å². The number of ketones is 1. The fourth-order valence-corrected chi connectivity index (χ4v) is 5.34. The van der Waals surface area contributed by atoms with Crippen molar-refractivity contribution >= 4 is 58.2 Å². The first kappa shape index (κ1) is 28.3. The number of pyridine rings is 1. The van der Waals surface area contributed by atoms with Gasteiger partial charge in [0.25, 0.3) is 5.91 Å². The molecule has 0 spiro atoms. The lowest BCUT2D eigenvalue weighted by atomic mass is 9.97. The highest BCUT2D eigenvalue weighted by Gasteiger charge is 2.30. The topological polar surface area (TPSA) is 107 Å². The standard InChI is InChI=1S/C33H29ClN6O3/c1-39-13-15-40(16-14-39)26-8-6-24(7-9-26)36-20-28-27-10-5-22(18-29(27)38-32(28)42)31(41)21-3-2-4-25(17-21)37-33(43)30-19-23(34)11-12-35-30/h2-12,17-20,28H,13-16H2,1H3,(H,37,43)(H,38,42). The minimum absolute atomic E-state index is 0.166. The monoisotopic (exact) mass is 592 g/mol. The van der Waals surface area contributed by atoms with Crippen LogP contribution in [0.4, 0.5) is 22.7 Å². The van der Waals surface area contributed by atoms with Gasteiger partial charge < -0.3 is 20.4 Å². The molecule has 0 bridgehead atoms. The number of hydrogen-bond donors (Lipinski definition) is 2. The van der Waals surface area contributed by atoms with Crippen molar-refractivity contribution in [3.8, 4) is 0 Å². The number of anilines is 3. The molecule has 2 amide bonds. The van der Waals surface area contributed by atoms with Gasteiger partial charge in [-0.2, -0.15) is 0 Å². The Bertz CT molecular complexity index is 1730. The molecule has 3 heterocycles. The molecule has 1 fully saturated rings.